The summed E-state index contributed by atoms with van der Waals surface area (Å²) in [4.78, 5) is 27.5. The van der Waals surface area contributed by atoms with Gasteiger partial charge in [0.1, 0.15) is 0 Å². The van der Waals surface area contributed by atoms with Crippen molar-refractivity contribution in [3.8, 4) is 5.69 Å². The molecular weight excluding hydrogens is 472 g/mol. The molecule has 192 valence electrons. The van der Waals surface area contributed by atoms with Crippen LogP contribution in [0.4, 0.5) is 17.3 Å². The lowest BCUT2D eigenvalue weighted by Crippen LogP contribution is -2.41. The SMILES string of the molecule is Cc1cn(-c2cccc3ccccc23)c(=O)c2cnc(Nc3ccc(N4CCC(N(C)C)CC4)cc3)nc12. The summed E-state index contributed by atoms with van der Waals surface area (Å²) in [5.74, 6) is 0.474. The molecule has 0 aliphatic carbocycles. The molecule has 0 radical (unpaired) electrons. The Balaban J connectivity index is 1.25. The number of piperidine rings is 1. The Morgan fingerprint density at radius 2 is 1.66 bits per heavy atom. The molecule has 0 amide bonds. The van der Waals surface area contributed by atoms with Crippen LogP contribution in [-0.2, 0) is 0 Å². The highest BCUT2D eigenvalue weighted by molar-refractivity contribution is 5.91. The van der Waals surface area contributed by atoms with Gasteiger partial charge < -0.3 is 15.1 Å². The van der Waals surface area contributed by atoms with E-state index >= 15 is 0 Å². The molecule has 38 heavy (non-hydrogen) atoms. The van der Waals surface area contributed by atoms with Crippen molar-refractivity contribution in [3.05, 3.63) is 95.0 Å². The zero-order valence-electron chi connectivity index (χ0n) is 22.1. The molecule has 1 aliphatic rings. The second kappa shape index (κ2) is 9.91. The lowest BCUT2D eigenvalue weighted by atomic mass is 10.0. The monoisotopic (exact) mass is 504 g/mol. The highest BCUT2D eigenvalue weighted by atomic mass is 16.1. The second-order valence-corrected chi connectivity index (χ2v) is 10.3. The van der Waals surface area contributed by atoms with Crippen molar-refractivity contribution in [3.63, 3.8) is 0 Å². The first kappa shape index (κ1) is 24.1. The van der Waals surface area contributed by atoms with Gasteiger partial charge in [0.15, 0.2) is 0 Å². The Bertz CT molecular complexity index is 1660. The zero-order valence-corrected chi connectivity index (χ0v) is 22.1. The Labute approximate surface area is 222 Å². The molecule has 5 aromatic rings. The van der Waals surface area contributed by atoms with E-state index < -0.39 is 0 Å². The van der Waals surface area contributed by atoms with E-state index in [4.69, 9.17) is 4.98 Å². The molecule has 1 N–H and O–H groups in total. The third kappa shape index (κ3) is 4.50. The van der Waals surface area contributed by atoms with Crippen molar-refractivity contribution in [2.75, 3.05) is 37.4 Å². The van der Waals surface area contributed by atoms with Crippen LogP contribution in [-0.4, -0.2) is 52.7 Å². The third-order valence-electron chi connectivity index (χ3n) is 7.64. The van der Waals surface area contributed by atoms with E-state index in [0.717, 1.165) is 40.8 Å². The summed E-state index contributed by atoms with van der Waals surface area (Å²) in [5, 5.41) is 5.93. The molecule has 7 nitrogen and oxygen atoms in total. The number of anilines is 3. The van der Waals surface area contributed by atoms with E-state index in [9.17, 15) is 4.79 Å². The quantitative estimate of drug-likeness (QED) is 0.340. The maximum absolute atomic E-state index is 13.5. The Morgan fingerprint density at radius 3 is 2.42 bits per heavy atom. The minimum Gasteiger partial charge on any atom is -0.371 e. The fourth-order valence-electron chi connectivity index (χ4n) is 5.46. The minimum atomic E-state index is -0.129. The highest BCUT2D eigenvalue weighted by Gasteiger charge is 2.20. The van der Waals surface area contributed by atoms with E-state index in [1.165, 1.54) is 18.5 Å². The van der Waals surface area contributed by atoms with Crippen LogP contribution in [0.2, 0.25) is 0 Å². The Kier molecular flexibility index (Phi) is 6.29. The van der Waals surface area contributed by atoms with E-state index in [1.807, 2.05) is 43.5 Å². The summed E-state index contributed by atoms with van der Waals surface area (Å²) in [7, 11) is 4.33. The topological polar surface area (TPSA) is 66.3 Å². The van der Waals surface area contributed by atoms with Crippen LogP contribution < -0.4 is 15.8 Å². The van der Waals surface area contributed by atoms with Crippen LogP contribution in [0.25, 0.3) is 27.4 Å². The average molecular weight is 505 g/mol. The highest BCUT2D eigenvalue weighted by Crippen LogP contribution is 2.26. The molecule has 1 aliphatic heterocycles. The van der Waals surface area contributed by atoms with Crippen LogP contribution in [0.5, 0.6) is 0 Å². The van der Waals surface area contributed by atoms with Crippen molar-refractivity contribution >= 4 is 39.0 Å². The summed E-state index contributed by atoms with van der Waals surface area (Å²) in [6.45, 7) is 4.12. The summed E-state index contributed by atoms with van der Waals surface area (Å²) in [6.07, 6.45) is 5.86. The zero-order chi connectivity index (χ0) is 26.2. The van der Waals surface area contributed by atoms with E-state index in [-0.39, 0.29) is 5.56 Å². The number of hydrogen-bond donors (Lipinski definition) is 1. The fourth-order valence-corrected chi connectivity index (χ4v) is 5.46. The summed E-state index contributed by atoms with van der Waals surface area (Å²) in [5.41, 5.74) is 4.44. The number of nitrogens with zero attached hydrogens (tertiary/aromatic N) is 5. The molecule has 1 fully saturated rings. The minimum absolute atomic E-state index is 0.129. The number of nitrogens with one attached hydrogen (secondary N) is 1. The van der Waals surface area contributed by atoms with Gasteiger partial charge in [-0.1, -0.05) is 36.4 Å². The molecule has 0 bridgehead atoms. The fraction of sp³-hybridized carbons (Fsp3) is 0.258. The summed E-state index contributed by atoms with van der Waals surface area (Å²) >= 11 is 0. The first-order valence-electron chi connectivity index (χ1n) is 13.1. The number of hydrogen-bond acceptors (Lipinski definition) is 6. The van der Waals surface area contributed by atoms with Gasteiger partial charge in [-0.3, -0.25) is 9.36 Å². The van der Waals surface area contributed by atoms with Gasteiger partial charge in [-0.15, -0.1) is 0 Å². The normalized spacial score (nSPS) is 14.5. The molecule has 7 heteroatoms. The van der Waals surface area contributed by atoms with Crippen LogP contribution in [0.15, 0.2) is 83.9 Å². The van der Waals surface area contributed by atoms with E-state index in [0.29, 0.717) is 22.9 Å². The largest absolute Gasteiger partial charge is 0.371 e. The van der Waals surface area contributed by atoms with Crippen molar-refractivity contribution in [2.45, 2.75) is 25.8 Å². The van der Waals surface area contributed by atoms with Crippen molar-refractivity contribution in [1.29, 1.82) is 0 Å². The van der Waals surface area contributed by atoms with Gasteiger partial charge in [0, 0.05) is 48.3 Å². The molecule has 0 unspecified atom stereocenters. The molecule has 0 spiro atoms. The molecule has 3 aromatic carbocycles. The van der Waals surface area contributed by atoms with Gasteiger partial charge in [-0.05, 0) is 75.1 Å². The summed E-state index contributed by atoms with van der Waals surface area (Å²) in [6, 6.07) is 23.2. The second-order valence-electron chi connectivity index (χ2n) is 10.3. The van der Waals surface area contributed by atoms with Gasteiger partial charge in [0.05, 0.1) is 16.6 Å². The van der Waals surface area contributed by atoms with Crippen LogP contribution in [0.1, 0.15) is 18.4 Å². The number of fused-ring (bicyclic) bond motifs is 2. The first-order valence-corrected chi connectivity index (χ1v) is 13.1. The summed E-state index contributed by atoms with van der Waals surface area (Å²) < 4.78 is 1.70. The van der Waals surface area contributed by atoms with Crippen LogP contribution in [0.3, 0.4) is 0 Å². The molecular formula is C31H32N6O. The van der Waals surface area contributed by atoms with Crippen LogP contribution in [0, 0.1) is 6.92 Å². The standard InChI is InChI=1S/C31H32N6O/c1-21-20-37(28-10-6-8-22-7-4-5-9-26(22)28)30(38)27-19-32-31(34-29(21)27)33-23-11-13-25(14-12-23)36-17-15-24(16-18-36)35(2)3/h4-14,19-20,24H,15-18H2,1-3H3,(H,32,33,34). The molecule has 6 rings (SSSR count). The maximum Gasteiger partial charge on any atom is 0.266 e. The third-order valence-corrected chi connectivity index (χ3v) is 7.64. The van der Waals surface area contributed by atoms with Crippen molar-refractivity contribution < 1.29 is 0 Å². The average Bonchev–Trinajstić information content (AvgIpc) is 2.95. The number of pyridine rings is 1. The lowest BCUT2D eigenvalue weighted by Gasteiger charge is -2.36. The van der Waals surface area contributed by atoms with Gasteiger partial charge in [-0.25, -0.2) is 9.97 Å². The van der Waals surface area contributed by atoms with E-state index in [1.54, 1.807) is 10.8 Å². The number of rotatable bonds is 5. The van der Waals surface area contributed by atoms with Gasteiger partial charge in [0.25, 0.3) is 5.56 Å². The molecule has 0 atom stereocenters. The molecule has 0 saturated carbocycles. The number of aryl methyl sites for hydroxylation is 1. The van der Waals surface area contributed by atoms with E-state index in [2.05, 4.69) is 70.6 Å². The predicted molar refractivity (Wildman–Crippen MR) is 156 cm³/mol. The first-order chi connectivity index (χ1) is 18.5. The van der Waals surface area contributed by atoms with Crippen LogP contribution >= 0.6 is 0 Å². The predicted octanol–water partition coefficient (Wildman–Crippen LogP) is 5.52. The van der Waals surface area contributed by atoms with Gasteiger partial charge in [-0.2, -0.15) is 0 Å². The van der Waals surface area contributed by atoms with Gasteiger partial charge >= 0.3 is 0 Å². The number of benzene rings is 3. The maximum atomic E-state index is 13.5. The molecule has 2 aromatic heterocycles. The number of aromatic nitrogens is 3. The smallest absolute Gasteiger partial charge is 0.266 e. The molecule has 3 heterocycles. The van der Waals surface area contributed by atoms with Crippen molar-refractivity contribution in [2.24, 2.45) is 0 Å². The Morgan fingerprint density at radius 1 is 0.921 bits per heavy atom. The lowest BCUT2D eigenvalue weighted by molar-refractivity contribution is 0.249. The molecule has 1 saturated heterocycles. The van der Waals surface area contributed by atoms with Gasteiger partial charge in [0.2, 0.25) is 5.95 Å². The Hall–Kier alpha value is -4.23. The van der Waals surface area contributed by atoms with Crippen molar-refractivity contribution in [1.82, 2.24) is 19.4 Å².